The van der Waals surface area contributed by atoms with Crippen molar-refractivity contribution in [3.8, 4) is 0 Å². The topological polar surface area (TPSA) is 116 Å². The molecule has 0 aromatic heterocycles. The fourth-order valence-electron chi connectivity index (χ4n) is 1.38. The molecule has 0 saturated heterocycles. The molecule has 152 valence electrons. The minimum Gasteiger partial charge on any atom is -0.480 e. The van der Waals surface area contributed by atoms with Crippen LogP contribution in [0.1, 0.15) is 60.3 Å². The summed E-state index contributed by atoms with van der Waals surface area (Å²) in [5, 5.41) is 8.34. The number of carbonyl (C=O) groups excluding carboxylic acids is 1. The molecule has 0 rings (SSSR count). The standard InChI is InChI=1S/C11H23NO2S.C5H11NO2S.ClH/c1-4-5-6-7-8-14-10(13)9(12)11(2,3)15;1-5(2,9)3(6)4(7)8;/h9,15H,4-8,12H2,1-3H3;3,9H,6H2,1-2H3,(H,7,8);1H/t9-;3-;/m11./s1. The van der Waals surface area contributed by atoms with Gasteiger partial charge in [0.05, 0.1) is 6.61 Å². The smallest absolute Gasteiger partial charge is 0.324 e. The zero-order chi connectivity index (χ0) is 19.6. The molecule has 0 aliphatic heterocycles. The third-order valence-corrected chi connectivity index (χ3v) is 3.84. The molecule has 0 aliphatic rings. The summed E-state index contributed by atoms with van der Waals surface area (Å²) in [5.41, 5.74) is 10.9. The third kappa shape index (κ3) is 15.8. The maximum atomic E-state index is 11.4. The molecule has 0 radical (unpaired) electrons. The van der Waals surface area contributed by atoms with Gasteiger partial charge in [-0.2, -0.15) is 25.3 Å². The Kier molecular flexibility index (Phi) is 16.6. The van der Waals surface area contributed by atoms with Crippen LogP contribution in [0.25, 0.3) is 0 Å². The van der Waals surface area contributed by atoms with Gasteiger partial charge >= 0.3 is 11.9 Å². The Labute approximate surface area is 169 Å². The summed E-state index contributed by atoms with van der Waals surface area (Å²) in [4.78, 5) is 21.6. The van der Waals surface area contributed by atoms with Crippen LogP contribution in [0.2, 0.25) is 0 Å². The molecule has 0 spiro atoms. The number of hydrogen-bond acceptors (Lipinski definition) is 7. The maximum absolute atomic E-state index is 11.4. The van der Waals surface area contributed by atoms with E-state index in [9.17, 15) is 9.59 Å². The Morgan fingerprint density at radius 1 is 1.00 bits per heavy atom. The number of esters is 1. The van der Waals surface area contributed by atoms with Crippen LogP contribution < -0.4 is 11.5 Å². The summed E-state index contributed by atoms with van der Waals surface area (Å²) in [7, 11) is 0. The molecule has 9 heteroatoms. The predicted molar refractivity (Wildman–Crippen MR) is 112 cm³/mol. The van der Waals surface area contributed by atoms with E-state index in [1.54, 1.807) is 27.7 Å². The first kappa shape index (κ1) is 29.6. The fraction of sp³-hybridized carbons (Fsp3) is 0.875. The van der Waals surface area contributed by atoms with Crippen LogP contribution in [0.4, 0.5) is 0 Å². The van der Waals surface area contributed by atoms with Gasteiger partial charge < -0.3 is 21.3 Å². The van der Waals surface area contributed by atoms with Gasteiger partial charge in [0, 0.05) is 9.49 Å². The first-order valence-corrected chi connectivity index (χ1v) is 8.99. The molecule has 0 aliphatic carbocycles. The number of carboxylic acids is 1. The van der Waals surface area contributed by atoms with Gasteiger partial charge in [-0.3, -0.25) is 9.59 Å². The van der Waals surface area contributed by atoms with Crippen molar-refractivity contribution in [2.24, 2.45) is 11.5 Å². The number of hydrogen-bond donors (Lipinski definition) is 5. The quantitative estimate of drug-likeness (QED) is 0.223. The molecule has 0 saturated carbocycles. The molecular weight excluding hydrogens is 384 g/mol. The molecule has 25 heavy (non-hydrogen) atoms. The van der Waals surface area contributed by atoms with Crippen molar-refractivity contribution < 1.29 is 19.4 Å². The number of aliphatic carboxylic acids is 1. The second kappa shape index (κ2) is 14.0. The van der Waals surface area contributed by atoms with Crippen molar-refractivity contribution in [3.05, 3.63) is 0 Å². The van der Waals surface area contributed by atoms with Gasteiger partial charge in [-0.25, -0.2) is 0 Å². The summed E-state index contributed by atoms with van der Waals surface area (Å²) in [6.45, 7) is 9.55. The Hall–Kier alpha value is -0.150. The lowest BCUT2D eigenvalue weighted by molar-refractivity contribution is -0.146. The molecule has 0 aromatic carbocycles. The van der Waals surface area contributed by atoms with Gasteiger partial charge in [-0.05, 0) is 34.1 Å². The molecule has 5 N–H and O–H groups in total. The molecule has 2 atom stereocenters. The average molecular weight is 419 g/mol. The minimum absolute atomic E-state index is 0. The third-order valence-electron chi connectivity index (χ3n) is 3.28. The first-order valence-electron chi connectivity index (χ1n) is 8.10. The number of ether oxygens (including phenoxy) is 1. The monoisotopic (exact) mass is 418 g/mol. The van der Waals surface area contributed by atoms with Crippen LogP contribution in [-0.4, -0.2) is 45.2 Å². The molecule has 0 heterocycles. The van der Waals surface area contributed by atoms with Crippen molar-refractivity contribution in [1.29, 1.82) is 0 Å². The minimum atomic E-state index is -1.02. The summed E-state index contributed by atoms with van der Waals surface area (Å²) < 4.78 is 3.89. The highest BCUT2D eigenvalue weighted by Gasteiger charge is 2.29. The highest BCUT2D eigenvalue weighted by atomic mass is 35.5. The first-order chi connectivity index (χ1) is 10.7. The molecule has 0 unspecified atom stereocenters. The van der Waals surface area contributed by atoms with Crippen LogP contribution in [0.5, 0.6) is 0 Å². The predicted octanol–water partition coefficient (Wildman–Crippen LogP) is 2.67. The largest absolute Gasteiger partial charge is 0.480 e. The van der Waals surface area contributed by atoms with Crippen molar-refractivity contribution in [1.82, 2.24) is 0 Å². The van der Waals surface area contributed by atoms with Gasteiger partial charge in [0.1, 0.15) is 12.1 Å². The highest BCUT2D eigenvalue weighted by molar-refractivity contribution is 7.82. The number of thiol groups is 2. The van der Waals surface area contributed by atoms with Crippen LogP contribution in [-0.2, 0) is 14.3 Å². The van der Waals surface area contributed by atoms with E-state index in [4.69, 9.17) is 21.3 Å². The van der Waals surface area contributed by atoms with Crippen LogP contribution in [0.15, 0.2) is 0 Å². The number of unbranched alkanes of at least 4 members (excludes halogenated alkanes) is 3. The Morgan fingerprint density at radius 2 is 1.44 bits per heavy atom. The van der Waals surface area contributed by atoms with Crippen LogP contribution in [0.3, 0.4) is 0 Å². The molecular formula is C16H35ClN2O4S2. The Bertz CT molecular complexity index is 385. The number of carbonyl (C=O) groups is 2. The van der Waals surface area contributed by atoms with E-state index in [-0.39, 0.29) is 18.4 Å². The van der Waals surface area contributed by atoms with Crippen molar-refractivity contribution in [2.45, 2.75) is 81.9 Å². The van der Waals surface area contributed by atoms with Gasteiger partial charge in [-0.15, -0.1) is 12.4 Å². The zero-order valence-corrected chi connectivity index (χ0v) is 18.4. The van der Waals surface area contributed by atoms with E-state index < -0.39 is 27.5 Å². The second-order valence-electron chi connectivity index (χ2n) is 6.83. The van der Waals surface area contributed by atoms with Crippen molar-refractivity contribution in [3.63, 3.8) is 0 Å². The number of halogens is 1. The Balaban J connectivity index is -0.000000418. The molecule has 0 amide bonds. The molecule has 0 bridgehead atoms. The summed E-state index contributed by atoms with van der Waals surface area (Å²) in [6.07, 6.45) is 4.38. The van der Waals surface area contributed by atoms with E-state index in [0.29, 0.717) is 6.61 Å². The number of rotatable bonds is 9. The van der Waals surface area contributed by atoms with Crippen LogP contribution in [0, 0.1) is 0 Å². The van der Waals surface area contributed by atoms with E-state index in [2.05, 4.69) is 32.2 Å². The fourth-order valence-corrected chi connectivity index (χ4v) is 1.60. The maximum Gasteiger partial charge on any atom is 0.324 e. The summed E-state index contributed by atoms with van der Waals surface area (Å²) in [5.74, 6) is -1.37. The summed E-state index contributed by atoms with van der Waals surface area (Å²) in [6, 6.07) is -1.56. The van der Waals surface area contributed by atoms with E-state index >= 15 is 0 Å². The van der Waals surface area contributed by atoms with E-state index in [0.717, 1.165) is 12.8 Å². The zero-order valence-electron chi connectivity index (χ0n) is 15.8. The van der Waals surface area contributed by atoms with Gasteiger partial charge in [0.25, 0.3) is 0 Å². The van der Waals surface area contributed by atoms with E-state index in [1.165, 1.54) is 12.8 Å². The Morgan fingerprint density at radius 3 is 1.72 bits per heavy atom. The van der Waals surface area contributed by atoms with E-state index in [1.807, 2.05) is 0 Å². The highest BCUT2D eigenvalue weighted by Crippen LogP contribution is 2.17. The van der Waals surface area contributed by atoms with Crippen LogP contribution >= 0.6 is 37.7 Å². The molecule has 6 nitrogen and oxygen atoms in total. The second-order valence-corrected chi connectivity index (χ2v) is 9.13. The molecule has 0 aromatic rings. The lowest BCUT2D eigenvalue weighted by Crippen LogP contribution is -2.46. The summed E-state index contributed by atoms with van der Waals surface area (Å²) >= 11 is 8.22. The van der Waals surface area contributed by atoms with Crippen molar-refractivity contribution in [2.75, 3.05) is 6.61 Å². The van der Waals surface area contributed by atoms with Gasteiger partial charge in [0.15, 0.2) is 0 Å². The SMILES string of the molecule is CC(C)(S)[C@H](N)C(=O)O.CCCCCCOC(=O)[C@@H](N)C(C)(C)S.Cl. The van der Waals surface area contributed by atoms with Gasteiger partial charge in [0.2, 0.25) is 0 Å². The molecule has 0 fully saturated rings. The average Bonchev–Trinajstić information content (AvgIpc) is 2.43. The lowest BCUT2D eigenvalue weighted by atomic mass is 10.0. The van der Waals surface area contributed by atoms with Gasteiger partial charge in [-0.1, -0.05) is 26.2 Å². The lowest BCUT2D eigenvalue weighted by Gasteiger charge is -2.23. The number of nitrogens with two attached hydrogens (primary N) is 2. The normalized spacial score (nSPS) is 13.6. The number of carboxylic acid groups (broad SMARTS) is 1. The van der Waals surface area contributed by atoms with Crippen molar-refractivity contribution >= 4 is 49.6 Å².